The van der Waals surface area contributed by atoms with Gasteiger partial charge in [-0.1, -0.05) is 35.9 Å². The fourth-order valence-corrected chi connectivity index (χ4v) is 4.32. The molecule has 6 nitrogen and oxygen atoms in total. The summed E-state index contributed by atoms with van der Waals surface area (Å²) in [7, 11) is -3.58. The van der Waals surface area contributed by atoms with Crippen LogP contribution in [-0.2, 0) is 16.6 Å². The summed E-state index contributed by atoms with van der Waals surface area (Å²) in [6, 6.07) is 16.5. The van der Waals surface area contributed by atoms with Crippen LogP contribution in [0.1, 0.15) is 16.7 Å². The molecule has 0 aliphatic rings. The molecule has 7 heteroatoms. The van der Waals surface area contributed by atoms with Crippen LogP contribution in [0.2, 0.25) is 0 Å². The molecule has 0 spiro atoms. The minimum absolute atomic E-state index is 0.196. The molecular weight excluding hydrogens is 396 g/mol. The second-order valence-corrected chi connectivity index (χ2v) is 8.95. The first kappa shape index (κ1) is 20.0. The highest BCUT2D eigenvalue weighted by Gasteiger charge is 2.15. The molecule has 30 heavy (non-hydrogen) atoms. The van der Waals surface area contributed by atoms with Crippen LogP contribution in [0.3, 0.4) is 0 Å². The second kappa shape index (κ2) is 8.22. The Bertz CT molecular complexity index is 1280. The lowest BCUT2D eigenvalue weighted by atomic mass is 9.99. The first-order valence-corrected chi connectivity index (χ1v) is 11.0. The maximum atomic E-state index is 12.6. The van der Waals surface area contributed by atoms with Gasteiger partial charge >= 0.3 is 0 Å². The van der Waals surface area contributed by atoms with E-state index in [1.54, 1.807) is 36.7 Å². The van der Waals surface area contributed by atoms with Crippen molar-refractivity contribution in [2.45, 2.75) is 25.3 Å². The highest BCUT2D eigenvalue weighted by molar-refractivity contribution is 7.89. The van der Waals surface area contributed by atoms with Crippen molar-refractivity contribution in [2.75, 3.05) is 0 Å². The highest BCUT2D eigenvalue weighted by atomic mass is 32.2. The molecule has 0 bridgehead atoms. The topological polar surface area (TPSA) is 87.7 Å². The second-order valence-electron chi connectivity index (χ2n) is 7.19. The standard InChI is InChI=1S/C23H22N4O2S/c1-16-6-8-20(9-7-16)30(28,29)26-14-18-4-3-5-19(12-18)23-22(15-25-27-23)21-10-11-24-13-17(21)2/h3-13,15,26H,14H2,1-2H3,(H,25,27). The van der Waals surface area contributed by atoms with E-state index >= 15 is 0 Å². The van der Waals surface area contributed by atoms with Crippen molar-refractivity contribution in [3.05, 3.63) is 89.9 Å². The number of sulfonamides is 1. The minimum Gasteiger partial charge on any atom is -0.277 e. The van der Waals surface area contributed by atoms with Crippen LogP contribution in [0.5, 0.6) is 0 Å². The maximum Gasteiger partial charge on any atom is 0.240 e. The van der Waals surface area contributed by atoms with Crippen LogP contribution < -0.4 is 4.72 Å². The number of rotatable bonds is 6. The highest BCUT2D eigenvalue weighted by Crippen LogP contribution is 2.32. The molecule has 2 N–H and O–H groups in total. The lowest BCUT2D eigenvalue weighted by Gasteiger charge is -2.10. The Morgan fingerprint density at radius 3 is 2.53 bits per heavy atom. The molecule has 4 aromatic rings. The number of nitrogens with one attached hydrogen (secondary N) is 2. The molecule has 0 radical (unpaired) electrons. The summed E-state index contributed by atoms with van der Waals surface area (Å²) in [6.45, 7) is 4.13. The van der Waals surface area contributed by atoms with Crippen LogP contribution in [0.15, 0.2) is 78.1 Å². The molecule has 152 valence electrons. The summed E-state index contributed by atoms with van der Waals surface area (Å²) in [5.74, 6) is 0. The van der Waals surface area contributed by atoms with Gasteiger partial charge in [-0.25, -0.2) is 13.1 Å². The third-order valence-corrected chi connectivity index (χ3v) is 6.38. The van der Waals surface area contributed by atoms with Crippen molar-refractivity contribution in [3.8, 4) is 22.4 Å². The average Bonchev–Trinajstić information content (AvgIpc) is 3.23. The summed E-state index contributed by atoms with van der Waals surface area (Å²) < 4.78 is 27.8. The molecular formula is C23H22N4O2S. The predicted molar refractivity (Wildman–Crippen MR) is 117 cm³/mol. The van der Waals surface area contributed by atoms with Gasteiger partial charge in [-0.05, 0) is 54.8 Å². The van der Waals surface area contributed by atoms with Crippen LogP contribution in [0, 0.1) is 13.8 Å². The number of H-pyrrole nitrogens is 1. The lowest BCUT2D eigenvalue weighted by molar-refractivity contribution is 0.581. The van der Waals surface area contributed by atoms with Crippen molar-refractivity contribution >= 4 is 10.0 Å². The third kappa shape index (κ3) is 4.17. The summed E-state index contributed by atoms with van der Waals surface area (Å²) >= 11 is 0. The Labute approximate surface area is 176 Å². The van der Waals surface area contributed by atoms with Crippen molar-refractivity contribution < 1.29 is 8.42 Å². The zero-order chi connectivity index (χ0) is 21.1. The molecule has 0 amide bonds. The van der Waals surface area contributed by atoms with Gasteiger partial charge in [0.15, 0.2) is 0 Å². The molecule has 0 aliphatic heterocycles. The summed E-state index contributed by atoms with van der Waals surface area (Å²) in [4.78, 5) is 4.41. The summed E-state index contributed by atoms with van der Waals surface area (Å²) in [5.41, 5.74) is 6.78. The van der Waals surface area contributed by atoms with Crippen LogP contribution in [0.4, 0.5) is 0 Å². The Morgan fingerprint density at radius 1 is 0.967 bits per heavy atom. The van der Waals surface area contributed by atoms with Crippen LogP contribution in [-0.4, -0.2) is 23.6 Å². The fourth-order valence-electron chi connectivity index (χ4n) is 3.30. The molecule has 2 heterocycles. The first-order valence-electron chi connectivity index (χ1n) is 9.54. The molecule has 0 unspecified atom stereocenters. The normalized spacial score (nSPS) is 11.5. The SMILES string of the molecule is Cc1ccc(S(=O)(=O)NCc2cccc(-c3[nH]ncc3-c3ccncc3C)c2)cc1. The van der Waals surface area contributed by atoms with Gasteiger partial charge in [0.1, 0.15) is 0 Å². The fraction of sp³-hybridized carbons (Fsp3) is 0.130. The first-order chi connectivity index (χ1) is 14.4. The number of nitrogens with zero attached hydrogens (tertiary/aromatic N) is 2. The van der Waals surface area contributed by atoms with E-state index in [9.17, 15) is 8.42 Å². The van der Waals surface area contributed by atoms with Gasteiger partial charge in [0.2, 0.25) is 10.0 Å². The monoisotopic (exact) mass is 418 g/mol. The van der Waals surface area contributed by atoms with Crippen molar-refractivity contribution in [2.24, 2.45) is 0 Å². The van der Waals surface area contributed by atoms with Gasteiger partial charge in [0.05, 0.1) is 16.8 Å². The molecule has 0 saturated heterocycles. The Hall–Kier alpha value is -3.29. The minimum atomic E-state index is -3.58. The number of hydrogen-bond acceptors (Lipinski definition) is 4. The lowest BCUT2D eigenvalue weighted by Crippen LogP contribution is -2.23. The molecule has 2 aromatic heterocycles. The van der Waals surface area contributed by atoms with Crippen molar-refractivity contribution in [1.29, 1.82) is 0 Å². The van der Waals surface area contributed by atoms with E-state index < -0.39 is 10.0 Å². The quantitative estimate of drug-likeness (QED) is 0.490. The number of aromatic amines is 1. The van der Waals surface area contributed by atoms with Crippen LogP contribution in [0.25, 0.3) is 22.4 Å². The Kier molecular flexibility index (Phi) is 5.48. The Morgan fingerprint density at radius 2 is 1.77 bits per heavy atom. The Balaban J connectivity index is 1.58. The van der Waals surface area contributed by atoms with Gasteiger partial charge in [-0.3, -0.25) is 10.1 Å². The molecule has 0 fully saturated rings. The zero-order valence-corrected chi connectivity index (χ0v) is 17.6. The number of benzene rings is 2. The summed E-state index contributed by atoms with van der Waals surface area (Å²) in [6.07, 6.45) is 5.38. The van der Waals surface area contributed by atoms with Crippen LogP contribution >= 0.6 is 0 Å². The van der Waals surface area contributed by atoms with E-state index in [2.05, 4.69) is 19.9 Å². The molecule has 0 atom stereocenters. The zero-order valence-electron chi connectivity index (χ0n) is 16.8. The van der Waals surface area contributed by atoms with E-state index in [1.807, 2.05) is 50.4 Å². The van der Waals surface area contributed by atoms with Gasteiger partial charge in [-0.15, -0.1) is 0 Å². The largest absolute Gasteiger partial charge is 0.277 e. The van der Waals surface area contributed by atoms with E-state index in [0.29, 0.717) is 0 Å². The number of aryl methyl sites for hydroxylation is 2. The third-order valence-electron chi connectivity index (χ3n) is 4.96. The summed E-state index contributed by atoms with van der Waals surface area (Å²) in [5, 5.41) is 7.29. The maximum absolute atomic E-state index is 12.6. The average molecular weight is 419 g/mol. The van der Waals surface area contributed by atoms with E-state index in [1.165, 1.54) is 0 Å². The van der Waals surface area contributed by atoms with Gasteiger partial charge in [0, 0.05) is 30.1 Å². The van der Waals surface area contributed by atoms with Crippen molar-refractivity contribution in [1.82, 2.24) is 19.9 Å². The van der Waals surface area contributed by atoms with Gasteiger partial charge in [-0.2, -0.15) is 5.10 Å². The van der Waals surface area contributed by atoms with Crippen molar-refractivity contribution in [3.63, 3.8) is 0 Å². The predicted octanol–water partition coefficient (Wildman–Crippen LogP) is 4.23. The smallest absolute Gasteiger partial charge is 0.240 e. The van der Waals surface area contributed by atoms with Gasteiger partial charge < -0.3 is 0 Å². The van der Waals surface area contributed by atoms with E-state index in [0.717, 1.165) is 39.1 Å². The van der Waals surface area contributed by atoms with Gasteiger partial charge in [0.25, 0.3) is 0 Å². The molecule has 0 aliphatic carbocycles. The molecule has 0 saturated carbocycles. The number of aromatic nitrogens is 3. The van der Waals surface area contributed by atoms with E-state index in [-0.39, 0.29) is 11.4 Å². The number of pyridine rings is 1. The number of hydrogen-bond donors (Lipinski definition) is 2. The van der Waals surface area contributed by atoms with E-state index in [4.69, 9.17) is 0 Å². The molecule has 2 aromatic carbocycles. The molecule has 4 rings (SSSR count).